The Labute approximate surface area is 167 Å². The van der Waals surface area contributed by atoms with Gasteiger partial charge in [-0.05, 0) is 36.6 Å². The average Bonchev–Trinajstić information content (AvgIpc) is 3.20. The molecule has 3 aromatic rings. The van der Waals surface area contributed by atoms with Gasteiger partial charge in [0, 0.05) is 6.54 Å². The van der Waals surface area contributed by atoms with Gasteiger partial charge >= 0.3 is 0 Å². The average molecular weight is 415 g/mol. The Morgan fingerprint density at radius 3 is 2.54 bits per heavy atom. The number of nitrogens with one attached hydrogen (secondary N) is 1. The molecular weight excluding hydrogens is 396 g/mol. The Morgan fingerprint density at radius 1 is 1.14 bits per heavy atom. The van der Waals surface area contributed by atoms with E-state index >= 15 is 0 Å². The number of fused-ring (bicyclic) bond motifs is 1. The fraction of sp³-hybridized carbons (Fsp3) is 0.211. The normalized spacial score (nSPS) is 17.1. The highest BCUT2D eigenvalue weighted by Crippen LogP contribution is 2.30. The van der Waals surface area contributed by atoms with Gasteiger partial charge in [0.1, 0.15) is 11.6 Å². The SMILES string of the molecule is Cc1ccc(S(=O)(=O)N2Cc3ccccc3C[C@H]2C(=O)Nc2nncs2)cc1. The third-order valence-corrected chi connectivity index (χ3v) is 7.20. The topological polar surface area (TPSA) is 92.3 Å². The summed E-state index contributed by atoms with van der Waals surface area (Å²) < 4.78 is 28.0. The second-order valence-corrected chi connectivity index (χ2v) is 9.31. The molecule has 0 unspecified atom stereocenters. The van der Waals surface area contributed by atoms with E-state index in [4.69, 9.17) is 0 Å². The Morgan fingerprint density at radius 2 is 1.86 bits per heavy atom. The van der Waals surface area contributed by atoms with E-state index in [1.807, 2.05) is 31.2 Å². The van der Waals surface area contributed by atoms with Gasteiger partial charge in [-0.2, -0.15) is 4.31 Å². The van der Waals surface area contributed by atoms with Crippen LogP contribution in [0.5, 0.6) is 0 Å². The van der Waals surface area contributed by atoms with Crippen LogP contribution in [-0.4, -0.2) is 34.9 Å². The van der Waals surface area contributed by atoms with Crippen LogP contribution in [0.2, 0.25) is 0 Å². The number of aromatic nitrogens is 2. The first kappa shape index (κ1) is 18.7. The lowest BCUT2D eigenvalue weighted by Crippen LogP contribution is -2.50. The lowest BCUT2D eigenvalue weighted by Gasteiger charge is -2.34. The minimum atomic E-state index is -3.85. The molecule has 7 nitrogen and oxygen atoms in total. The lowest BCUT2D eigenvalue weighted by atomic mass is 9.95. The van der Waals surface area contributed by atoms with Crippen molar-refractivity contribution in [1.82, 2.24) is 14.5 Å². The van der Waals surface area contributed by atoms with Gasteiger partial charge in [-0.15, -0.1) is 10.2 Å². The van der Waals surface area contributed by atoms with E-state index in [2.05, 4.69) is 15.5 Å². The number of amides is 1. The third kappa shape index (κ3) is 3.56. The van der Waals surface area contributed by atoms with Gasteiger partial charge in [-0.3, -0.25) is 10.1 Å². The minimum Gasteiger partial charge on any atom is -0.299 e. The van der Waals surface area contributed by atoms with Gasteiger partial charge in [0.25, 0.3) is 0 Å². The van der Waals surface area contributed by atoms with Crippen molar-refractivity contribution in [2.75, 3.05) is 5.32 Å². The molecule has 1 aromatic heterocycles. The molecule has 0 spiro atoms. The molecule has 1 amide bonds. The number of rotatable bonds is 4. The van der Waals surface area contributed by atoms with E-state index in [0.29, 0.717) is 11.6 Å². The standard InChI is InChI=1S/C19H18N4O3S2/c1-13-6-8-16(9-7-13)28(25,26)23-11-15-5-3-2-4-14(15)10-17(23)18(24)21-19-22-20-12-27-19/h2-9,12,17H,10-11H2,1H3,(H,21,22,24)/t17-/m0/s1. The van der Waals surface area contributed by atoms with Crippen LogP contribution in [0.3, 0.4) is 0 Å². The largest absolute Gasteiger partial charge is 0.299 e. The number of benzene rings is 2. The van der Waals surface area contributed by atoms with Crippen LogP contribution in [-0.2, 0) is 27.8 Å². The lowest BCUT2D eigenvalue weighted by molar-refractivity contribution is -0.120. The number of carbonyl (C=O) groups excluding carboxylic acids is 1. The molecule has 1 aliphatic rings. The molecule has 1 atom stereocenters. The summed E-state index contributed by atoms with van der Waals surface area (Å²) in [4.78, 5) is 13.1. The molecule has 4 rings (SSSR count). The maximum absolute atomic E-state index is 13.3. The molecule has 9 heteroatoms. The Kier molecular flexibility index (Phi) is 4.96. The summed E-state index contributed by atoms with van der Waals surface area (Å²) in [6.45, 7) is 2.03. The highest BCUT2D eigenvalue weighted by atomic mass is 32.2. The molecule has 1 aliphatic heterocycles. The Balaban J connectivity index is 1.72. The fourth-order valence-electron chi connectivity index (χ4n) is 3.24. The van der Waals surface area contributed by atoms with E-state index < -0.39 is 22.0 Å². The fourth-order valence-corrected chi connectivity index (χ4v) is 5.25. The molecule has 0 radical (unpaired) electrons. The second-order valence-electron chi connectivity index (χ2n) is 6.59. The van der Waals surface area contributed by atoms with Crippen LogP contribution in [0.4, 0.5) is 5.13 Å². The number of hydrogen-bond donors (Lipinski definition) is 1. The van der Waals surface area contributed by atoms with Crippen molar-refractivity contribution in [2.24, 2.45) is 0 Å². The molecule has 2 heterocycles. The molecule has 0 bridgehead atoms. The second kappa shape index (κ2) is 7.42. The van der Waals surface area contributed by atoms with Gasteiger partial charge < -0.3 is 0 Å². The zero-order valence-electron chi connectivity index (χ0n) is 15.1. The first-order valence-electron chi connectivity index (χ1n) is 8.67. The third-order valence-electron chi connectivity index (χ3n) is 4.73. The summed E-state index contributed by atoms with van der Waals surface area (Å²) >= 11 is 1.19. The van der Waals surface area contributed by atoms with Crippen molar-refractivity contribution < 1.29 is 13.2 Å². The van der Waals surface area contributed by atoms with Gasteiger partial charge in [0.2, 0.25) is 21.1 Å². The zero-order valence-corrected chi connectivity index (χ0v) is 16.7. The summed E-state index contributed by atoms with van der Waals surface area (Å²) in [6.07, 6.45) is 0.298. The molecule has 1 N–H and O–H groups in total. The maximum atomic E-state index is 13.3. The molecule has 0 fully saturated rings. The van der Waals surface area contributed by atoms with E-state index in [9.17, 15) is 13.2 Å². The minimum absolute atomic E-state index is 0.139. The van der Waals surface area contributed by atoms with Crippen molar-refractivity contribution in [1.29, 1.82) is 0 Å². The number of aryl methyl sites for hydroxylation is 1. The van der Waals surface area contributed by atoms with Crippen LogP contribution in [0.1, 0.15) is 16.7 Å². The Hall–Kier alpha value is -2.62. The molecule has 144 valence electrons. The monoisotopic (exact) mass is 414 g/mol. The number of anilines is 1. The first-order chi connectivity index (χ1) is 13.4. The van der Waals surface area contributed by atoms with Crippen LogP contribution in [0.25, 0.3) is 0 Å². The molecular formula is C19H18N4O3S2. The molecule has 0 aliphatic carbocycles. The summed E-state index contributed by atoms with van der Waals surface area (Å²) in [7, 11) is -3.85. The highest BCUT2D eigenvalue weighted by molar-refractivity contribution is 7.89. The summed E-state index contributed by atoms with van der Waals surface area (Å²) in [6, 6.07) is 13.4. The summed E-state index contributed by atoms with van der Waals surface area (Å²) in [5.74, 6) is -0.415. The highest BCUT2D eigenvalue weighted by Gasteiger charge is 2.39. The Bertz CT molecular complexity index is 1100. The predicted molar refractivity (Wildman–Crippen MR) is 106 cm³/mol. The van der Waals surface area contributed by atoms with Crippen molar-refractivity contribution in [2.45, 2.75) is 30.8 Å². The molecule has 0 saturated heterocycles. The van der Waals surface area contributed by atoms with E-state index in [-0.39, 0.29) is 11.4 Å². The quantitative estimate of drug-likeness (QED) is 0.708. The smallest absolute Gasteiger partial charge is 0.245 e. The maximum Gasteiger partial charge on any atom is 0.245 e. The number of carbonyl (C=O) groups is 1. The van der Waals surface area contributed by atoms with Crippen molar-refractivity contribution >= 4 is 32.4 Å². The predicted octanol–water partition coefficient (Wildman–Crippen LogP) is 2.60. The van der Waals surface area contributed by atoms with Crippen molar-refractivity contribution in [3.63, 3.8) is 0 Å². The van der Waals surface area contributed by atoms with Gasteiger partial charge in [0.05, 0.1) is 4.90 Å². The van der Waals surface area contributed by atoms with Gasteiger partial charge in [0.15, 0.2) is 0 Å². The molecule has 0 saturated carbocycles. The van der Waals surface area contributed by atoms with Crippen molar-refractivity contribution in [3.8, 4) is 0 Å². The summed E-state index contributed by atoms with van der Waals surface area (Å²) in [5.41, 5.74) is 4.34. The molecule has 28 heavy (non-hydrogen) atoms. The van der Waals surface area contributed by atoms with E-state index in [1.54, 1.807) is 24.3 Å². The number of nitrogens with zero attached hydrogens (tertiary/aromatic N) is 3. The van der Waals surface area contributed by atoms with Crippen LogP contribution >= 0.6 is 11.3 Å². The van der Waals surface area contributed by atoms with Gasteiger partial charge in [-0.1, -0.05) is 53.3 Å². The van der Waals surface area contributed by atoms with Crippen LogP contribution in [0.15, 0.2) is 58.9 Å². The number of sulfonamides is 1. The first-order valence-corrected chi connectivity index (χ1v) is 11.0. The van der Waals surface area contributed by atoms with E-state index in [0.717, 1.165) is 16.7 Å². The van der Waals surface area contributed by atoms with Crippen LogP contribution in [0, 0.1) is 6.92 Å². The molecule has 2 aromatic carbocycles. The number of hydrogen-bond acceptors (Lipinski definition) is 6. The van der Waals surface area contributed by atoms with E-state index in [1.165, 1.54) is 21.2 Å². The van der Waals surface area contributed by atoms with Crippen LogP contribution < -0.4 is 5.32 Å². The zero-order chi connectivity index (χ0) is 19.7. The van der Waals surface area contributed by atoms with Crippen molar-refractivity contribution in [3.05, 3.63) is 70.7 Å². The summed E-state index contributed by atoms with van der Waals surface area (Å²) in [5, 5.41) is 10.5. The van der Waals surface area contributed by atoms with Gasteiger partial charge in [-0.25, -0.2) is 8.42 Å².